The molecule has 6 rings (SSSR count). The van der Waals surface area contributed by atoms with Crippen LogP contribution in [0.15, 0.2) is 146 Å². The third kappa shape index (κ3) is 7.85. The van der Waals surface area contributed by atoms with Crippen LogP contribution in [0.25, 0.3) is 0 Å². The van der Waals surface area contributed by atoms with Gasteiger partial charge in [0.2, 0.25) is 0 Å². The Morgan fingerprint density at radius 3 is 1.06 bits per heavy atom. The molecule has 0 radical (unpaired) electrons. The number of hydrogen-bond acceptors (Lipinski definition) is 3. The predicted molar refractivity (Wildman–Crippen MR) is 189 cm³/mol. The molecule has 0 aliphatic carbocycles. The van der Waals surface area contributed by atoms with E-state index < -0.39 is 0 Å². The Labute approximate surface area is 278 Å². The van der Waals surface area contributed by atoms with Gasteiger partial charge in [-0.25, -0.2) is 0 Å². The van der Waals surface area contributed by atoms with E-state index in [9.17, 15) is 10.5 Å². The van der Waals surface area contributed by atoms with Crippen LogP contribution in [0.3, 0.4) is 0 Å². The number of nitriles is 2. The van der Waals surface area contributed by atoms with Crippen molar-refractivity contribution in [3.63, 3.8) is 0 Å². The SMILES string of the molecule is N#Cc1ccc(Cc2ccccc2)c(CCc2ccccc2)c1Oc1c(C#N)ccc(Cc2ccccc2)c1CCc1ccccc1. The molecule has 0 aliphatic heterocycles. The van der Waals surface area contributed by atoms with E-state index in [-0.39, 0.29) is 0 Å². The first-order valence-corrected chi connectivity index (χ1v) is 16.1. The second-order valence-electron chi connectivity index (χ2n) is 11.8. The topological polar surface area (TPSA) is 56.8 Å². The molecule has 0 N–H and O–H groups in total. The molecule has 6 aromatic carbocycles. The quantitative estimate of drug-likeness (QED) is 0.139. The van der Waals surface area contributed by atoms with E-state index in [0.717, 1.165) is 35.1 Å². The molecule has 0 fully saturated rings. The minimum absolute atomic E-state index is 0.469. The molecule has 3 nitrogen and oxygen atoms in total. The molecule has 6 aromatic rings. The fourth-order valence-electron chi connectivity index (χ4n) is 6.19. The average molecular weight is 609 g/mol. The first kappa shape index (κ1) is 31.1. The number of rotatable bonds is 12. The lowest BCUT2D eigenvalue weighted by atomic mass is 9.91. The standard InChI is InChI=1S/C44H36N2O/c45-31-39-25-23-37(29-35-17-9-3-10-18-35)41(27-21-33-13-5-1-6-14-33)43(39)47-44-40(32-46)26-24-38(30-36-19-11-4-12-20-36)42(44)28-22-34-15-7-2-8-16-34/h1-20,23-26H,21-22,27-30H2. The van der Waals surface area contributed by atoms with Gasteiger partial charge >= 0.3 is 0 Å². The van der Waals surface area contributed by atoms with Crippen LogP contribution >= 0.6 is 0 Å². The Morgan fingerprint density at radius 2 is 0.723 bits per heavy atom. The van der Waals surface area contributed by atoms with Gasteiger partial charge in [0.05, 0.1) is 11.1 Å². The smallest absolute Gasteiger partial charge is 0.148 e. The molecule has 0 unspecified atom stereocenters. The van der Waals surface area contributed by atoms with Gasteiger partial charge in [-0.15, -0.1) is 0 Å². The van der Waals surface area contributed by atoms with Crippen molar-refractivity contribution in [2.45, 2.75) is 38.5 Å². The summed E-state index contributed by atoms with van der Waals surface area (Å²) in [4.78, 5) is 0. The van der Waals surface area contributed by atoms with Crippen LogP contribution in [0.4, 0.5) is 0 Å². The van der Waals surface area contributed by atoms with Gasteiger partial charge in [0.25, 0.3) is 0 Å². The summed E-state index contributed by atoms with van der Waals surface area (Å²) in [5, 5.41) is 20.8. The number of benzene rings is 6. The summed E-state index contributed by atoms with van der Waals surface area (Å²) in [6, 6.07) is 54.2. The molecule has 47 heavy (non-hydrogen) atoms. The number of ether oxygens (including phenoxy) is 1. The Balaban J connectivity index is 1.47. The second kappa shape index (κ2) is 15.4. The van der Waals surface area contributed by atoms with Crippen molar-refractivity contribution in [3.05, 3.63) is 201 Å². The van der Waals surface area contributed by atoms with Gasteiger partial charge in [-0.05, 0) is 84.0 Å². The van der Waals surface area contributed by atoms with Crippen LogP contribution in [0.2, 0.25) is 0 Å². The number of nitrogens with zero attached hydrogens (tertiary/aromatic N) is 2. The molecule has 0 aliphatic rings. The molecule has 0 amide bonds. The fourth-order valence-corrected chi connectivity index (χ4v) is 6.19. The Morgan fingerprint density at radius 1 is 0.383 bits per heavy atom. The number of hydrogen-bond donors (Lipinski definition) is 0. The Bertz CT molecular complexity index is 1860. The van der Waals surface area contributed by atoms with Crippen molar-refractivity contribution >= 4 is 0 Å². The number of aryl methyl sites for hydroxylation is 2. The van der Waals surface area contributed by atoms with Crippen molar-refractivity contribution in [1.29, 1.82) is 10.5 Å². The first-order chi connectivity index (χ1) is 23.2. The lowest BCUT2D eigenvalue weighted by Gasteiger charge is -2.21. The summed E-state index contributed by atoms with van der Waals surface area (Å²) in [5.74, 6) is 1.09. The summed E-state index contributed by atoms with van der Waals surface area (Å²) in [6.45, 7) is 0. The summed E-state index contributed by atoms with van der Waals surface area (Å²) in [6.07, 6.45) is 4.42. The molecule has 228 valence electrons. The van der Waals surface area contributed by atoms with E-state index >= 15 is 0 Å². The molecule has 3 heteroatoms. The van der Waals surface area contributed by atoms with Crippen molar-refractivity contribution in [2.75, 3.05) is 0 Å². The molecule has 0 spiro atoms. The summed E-state index contributed by atoms with van der Waals surface area (Å²) >= 11 is 0. The van der Waals surface area contributed by atoms with Crippen LogP contribution in [0, 0.1) is 22.7 Å². The van der Waals surface area contributed by atoms with Gasteiger partial charge in [0.1, 0.15) is 23.6 Å². The zero-order chi connectivity index (χ0) is 32.3. The molecule has 0 bridgehead atoms. The van der Waals surface area contributed by atoms with E-state index in [0.29, 0.717) is 48.3 Å². The van der Waals surface area contributed by atoms with Gasteiger partial charge in [0, 0.05) is 11.1 Å². The Hall–Kier alpha value is -5.90. The highest BCUT2D eigenvalue weighted by Gasteiger charge is 2.22. The van der Waals surface area contributed by atoms with Gasteiger partial charge in [-0.3, -0.25) is 0 Å². The molecule has 0 saturated carbocycles. The van der Waals surface area contributed by atoms with E-state index in [1.165, 1.54) is 22.3 Å². The van der Waals surface area contributed by atoms with Crippen LogP contribution < -0.4 is 4.74 Å². The molecular formula is C44H36N2O. The van der Waals surface area contributed by atoms with E-state index in [2.05, 4.69) is 121 Å². The molecule has 0 heterocycles. The first-order valence-electron chi connectivity index (χ1n) is 16.1. The van der Waals surface area contributed by atoms with Gasteiger partial charge < -0.3 is 4.74 Å². The van der Waals surface area contributed by atoms with Gasteiger partial charge in [0.15, 0.2) is 0 Å². The van der Waals surface area contributed by atoms with Crippen LogP contribution in [-0.4, -0.2) is 0 Å². The molecular weight excluding hydrogens is 572 g/mol. The van der Waals surface area contributed by atoms with Crippen LogP contribution in [0.5, 0.6) is 11.5 Å². The minimum Gasteiger partial charge on any atom is -0.454 e. The third-order valence-corrected chi connectivity index (χ3v) is 8.65. The summed E-state index contributed by atoms with van der Waals surface area (Å²) in [7, 11) is 0. The third-order valence-electron chi connectivity index (χ3n) is 8.65. The normalized spacial score (nSPS) is 10.6. The van der Waals surface area contributed by atoms with Gasteiger partial charge in [-0.2, -0.15) is 10.5 Å². The van der Waals surface area contributed by atoms with Crippen molar-refractivity contribution in [2.24, 2.45) is 0 Å². The summed E-state index contributed by atoms with van der Waals surface area (Å²) < 4.78 is 6.97. The maximum absolute atomic E-state index is 10.4. The zero-order valence-electron chi connectivity index (χ0n) is 26.4. The van der Waals surface area contributed by atoms with E-state index in [1.54, 1.807) is 0 Å². The second-order valence-corrected chi connectivity index (χ2v) is 11.8. The van der Waals surface area contributed by atoms with Crippen molar-refractivity contribution in [3.8, 4) is 23.6 Å². The zero-order valence-corrected chi connectivity index (χ0v) is 26.4. The van der Waals surface area contributed by atoms with Crippen molar-refractivity contribution < 1.29 is 4.74 Å². The minimum atomic E-state index is 0.469. The van der Waals surface area contributed by atoms with Crippen molar-refractivity contribution in [1.82, 2.24) is 0 Å². The predicted octanol–water partition coefficient (Wildman–Crippen LogP) is 9.97. The molecule has 0 atom stereocenters. The van der Waals surface area contributed by atoms with E-state index in [4.69, 9.17) is 4.74 Å². The fraction of sp³-hybridized carbons (Fsp3) is 0.136. The van der Waals surface area contributed by atoms with E-state index in [1.807, 2.05) is 36.4 Å². The molecule has 0 aromatic heterocycles. The monoisotopic (exact) mass is 608 g/mol. The average Bonchev–Trinajstić information content (AvgIpc) is 3.13. The Kier molecular flexibility index (Phi) is 10.2. The largest absolute Gasteiger partial charge is 0.454 e. The maximum Gasteiger partial charge on any atom is 0.148 e. The maximum atomic E-state index is 10.4. The highest BCUT2D eigenvalue weighted by Crippen LogP contribution is 2.39. The highest BCUT2D eigenvalue weighted by atomic mass is 16.5. The van der Waals surface area contributed by atoms with Crippen LogP contribution in [0.1, 0.15) is 55.6 Å². The lowest BCUT2D eigenvalue weighted by Crippen LogP contribution is -2.07. The highest BCUT2D eigenvalue weighted by molar-refractivity contribution is 5.60. The lowest BCUT2D eigenvalue weighted by molar-refractivity contribution is 0.464. The van der Waals surface area contributed by atoms with Crippen LogP contribution in [-0.2, 0) is 38.5 Å². The molecule has 0 saturated heterocycles. The van der Waals surface area contributed by atoms with Gasteiger partial charge in [-0.1, -0.05) is 133 Å². The summed E-state index contributed by atoms with van der Waals surface area (Å²) in [5.41, 5.74) is 10.00.